The lowest BCUT2D eigenvalue weighted by atomic mass is 9.96. The first-order valence-corrected chi connectivity index (χ1v) is 9.70. The van der Waals surface area contributed by atoms with Crippen LogP contribution in [0.1, 0.15) is 17.2 Å². The van der Waals surface area contributed by atoms with Crippen LogP contribution in [0.25, 0.3) is 5.76 Å². The summed E-state index contributed by atoms with van der Waals surface area (Å²) in [5.41, 5.74) is 1.38. The topological polar surface area (TPSA) is 83.0 Å². The Morgan fingerprint density at radius 1 is 1.03 bits per heavy atom. The van der Waals surface area contributed by atoms with Crippen molar-refractivity contribution in [3.05, 3.63) is 71.6 Å². The fourth-order valence-electron chi connectivity index (χ4n) is 3.83. The number of amides is 1. The third-order valence-electron chi connectivity index (χ3n) is 5.37. The van der Waals surface area contributed by atoms with E-state index in [0.717, 1.165) is 18.7 Å². The van der Waals surface area contributed by atoms with E-state index in [1.165, 1.54) is 0 Å². The quantitative estimate of drug-likeness (QED) is 0.474. The van der Waals surface area contributed by atoms with Gasteiger partial charge in [-0.05, 0) is 17.7 Å². The first-order valence-electron chi connectivity index (χ1n) is 9.70. The van der Waals surface area contributed by atoms with Gasteiger partial charge in [-0.1, -0.05) is 30.3 Å². The molecule has 7 heteroatoms. The highest BCUT2D eigenvalue weighted by Crippen LogP contribution is 2.38. The van der Waals surface area contributed by atoms with E-state index in [2.05, 4.69) is 9.88 Å². The van der Waals surface area contributed by atoms with Gasteiger partial charge in [0.25, 0.3) is 11.7 Å². The Morgan fingerprint density at radius 3 is 2.41 bits per heavy atom. The van der Waals surface area contributed by atoms with E-state index in [-0.39, 0.29) is 11.3 Å². The van der Waals surface area contributed by atoms with Crippen LogP contribution in [0, 0.1) is 0 Å². The maximum absolute atomic E-state index is 12.9. The van der Waals surface area contributed by atoms with Crippen LogP contribution in [-0.4, -0.2) is 71.0 Å². The van der Waals surface area contributed by atoms with E-state index < -0.39 is 17.7 Å². The lowest BCUT2D eigenvalue weighted by molar-refractivity contribution is -0.140. The largest absolute Gasteiger partial charge is 0.507 e. The Morgan fingerprint density at radius 2 is 1.72 bits per heavy atom. The van der Waals surface area contributed by atoms with Crippen molar-refractivity contribution in [2.75, 3.05) is 39.4 Å². The van der Waals surface area contributed by atoms with Crippen molar-refractivity contribution in [2.45, 2.75) is 6.04 Å². The van der Waals surface area contributed by atoms with Gasteiger partial charge in [-0.3, -0.25) is 19.5 Å². The minimum absolute atomic E-state index is 0.120. The zero-order valence-electron chi connectivity index (χ0n) is 16.0. The van der Waals surface area contributed by atoms with Gasteiger partial charge < -0.3 is 14.7 Å². The van der Waals surface area contributed by atoms with Crippen molar-refractivity contribution < 1.29 is 19.4 Å². The molecular formula is C22H23N3O4. The molecule has 2 fully saturated rings. The second-order valence-corrected chi connectivity index (χ2v) is 7.09. The fraction of sp³-hybridized carbons (Fsp3) is 0.318. The Balaban J connectivity index is 1.70. The van der Waals surface area contributed by atoms with Crippen molar-refractivity contribution in [1.82, 2.24) is 14.8 Å². The van der Waals surface area contributed by atoms with E-state index in [1.54, 1.807) is 53.7 Å². The van der Waals surface area contributed by atoms with Crippen LogP contribution < -0.4 is 0 Å². The zero-order valence-corrected chi connectivity index (χ0v) is 16.0. The molecule has 0 spiro atoms. The number of ether oxygens (including phenoxy) is 1. The molecule has 1 N–H and O–H groups in total. The molecule has 7 nitrogen and oxygen atoms in total. The van der Waals surface area contributed by atoms with Crippen molar-refractivity contribution >= 4 is 17.4 Å². The number of aliphatic hydroxyl groups is 1. The van der Waals surface area contributed by atoms with E-state index >= 15 is 0 Å². The molecule has 1 aromatic heterocycles. The van der Waals surface area contributed by atoms with Gasteiger partial charge >= 0.3 is 0 Å². The number of carbonyl (C=O) groups excluding carboxylic acids is 2. The number of aromatic nitrogens is 1. The Hall–Kier alpha value is -3.03. The second-order valence-electron chi connectivity index (χ2n) is 7.09. The highest BCUT2D eigenvalue weighted by atomic mass is 16.5. The minimum Gasteiger partial charge on any atom is -0.507 e. The van der Waals surface area contributed by atoms with E-state index in [4.69, 9.17) is 4.74 Å². The second kappa shape index (κ2) is 8.55. The molecule has 3 heterocycles. The molecule has 4 rings (SSSR count). The minimum atomic E-state index is -0.657. The van der Waals surface area contributed by atoms with Crippen LogP contribution in [-0.2, 0) is 14.3 Å². The smallest absolute Gasteiger partial charge is 0.295 e. The summed E-state index contributed by atoms with van der Waals surface area (Å²) in [6.45, 7) is 3.97. The molecule has 0 bridgehead atoms. The molecule has 0 unspecified atom stereocenters. The van der Waals surface area contributed by atoms with E-state index in [1.807, 2.05) is 6.07 Å². The number of aliphatic hydroxyl groups excluding tert-OH is 1. The van der Waals surface area contributed by atoms with Crippen LogP contribution in [0.5, 0.6) is 0 Å². The Labute approximate surface area is 169 Å². The number of likely N-dealkylation sites (tertiary alicyclic amines) is 1. The highest BCUT2D eigenvalue weighted by Gasteiger charge is 2.45. The number of carbonyl (C=O) groups is 2. The molecule has 0 radical (unpaired) electrons. The van der Waals surface area contributed by atoms with Gasteiger partial charge in [0.2, 0.25) is 0 Å². The fourth-order valence-corrected chi connectivity index (χ4v) is 3.83. The van der Waals surface area contributed by atoms with Crippen molar-refractivity contribution in [1.29, 1.82) is 0 Å². The van der Waals surface area contributed by atoms with Crippen LogP contribution in [0.2, 0.25) is 0 Å². The summed E-state index contributed by atoms with van der Waals surface area (Å²) in [4.78, 5) is 33.6. The summed E-state index contributed by atoms with van der Waals surface area (Å²) in [5, 5.41) is 10.9. The average Bonchev–Trinajstić information content (AvgIpc) is 3.04. The predicted octanol–water partition coefficient (Wildman–Crippen LogP) is 1.84. The molecule has 29 heavy (non-hydrogen) atoms. The average molecular weight is 393 g/mol. The zero-order chi connectivity index (χ0) is 20.2. The third-order valence-corrected chi connectivity index (χ3v) is 5.37. The Bertz CT molecular complexity index is 908. The molecule has 1 atom stereocenters. The highest BCUT2D eigenvalue weighted by molar-refractivity contribution is 6.46. The number of benzene rings is 1. The van der Waals surface area contributed by atoms with Gasteiger partial charge in [-0.15, -0.1) is 0 Å². The summed E-state index contributed by atoms with van der Waals surface area (Å²) >= 11 is 0. The van der Waals surface area contributed by atoms with Crippen LogP contribution in [0.15, 0.2) is 60.4 Å². The molecule has 2 aromatic rings. The molecule has 150 valence electrons. The number of ketones is 1. The molecule has 1 aromatic carbocycles. The maximum Gasteiger partial charge on any atom is 0.295 e. The number of pyridine rings is 1. The summed E-state index contributed by atoms with van der Waals surface area (Å²) in [6, 6.07) is 11.8. The van der Waals surface area contributed by atoms with Crippen molar-refractivity contribution in [2.24, 2.45) is 0 Å². The maximum atomic E-state index is 12.9. The normalized spacial score (nSPS) is 22.2. The van der Waals surface area contributed by atoms with Crippen molar-refractivity contribution in [3.63, 3.8) is 0 Å². The molecule has 2 saturated heterocycles. The van der Waals surface area contributed by atoms with Gasteiger partial charge in [0.1, 0.15) is 5.76 Å². The number of nitrogens with zero attached hydrogens (tertiary/aromatic N) is 3. The SMILES string of the molecule is O=C1C(=O)N(CCN2CCOCC2)[C@@H](c2ccncc2)/C1=C(\O)c1ccccc1. The Kier molecular flexibility index (Phi) is 5.69. The van der Waals surface area contributed by atoms with Gasteiger partial charge in [0.15, 0.2) is 0 Å². The first kappa shape index (κ1) is 19.3. The molecular weight excluding hydrogens is 370 g/mol. The molecule has 0 saturated carbocycles. The molecule has 2 aliphatic rings. The van der Waals surface area contributed by atoms with Crippen LogP contribution in [0.4, 0.5) is 0 Å². The number of hydrogen-bond acceptors (Lipinski definition) is 6. The molecule has 2 aliphatic heterocycles. The van der Waals surface area contributed by atoms with Crippen LogP contribution in [0.3, 0.4) is 0 Å². The lowest BCUT2D eigenvalue weighted by Crippen LogP contribution is -2.42. The lowest BCUT2D eigenvalue weighted by Gasteiger charge is -2.30. The van der Waals surface area contributed by atoms with Crippen LogP contribution >= 0.6 is 0 Å². The molecule has 0 aliphatic carbocycles. The van der Waals surface area contributed by atoms with Gasteiger partial charge in [0, 0.05) is 44.1 Å². The third kappa shape index (κ3) is 3.92. The number of hydrogen-bond donors (Lipinski definition) is 1. The van der Waals surface area contributed by atoms with Gasteiger partial charge in [0.05, 0.1) is 24.8 Å². The number of rotatable bonds is 5. The van der Waals surface area contributed by atoms with E-state index in [9.17, 15) is 14.7 Å². The van der Waals surface area contributed by atoms with E-state index in [0.29, 0.717) is 31.9 Å². The number of Topliss-reactive ketones (excluding diaryl/α,β-unsaturated/α-hetero) is 1. The summed E-state index contributed by atoms with van der Waals surface area (Å²) in [6.07, 6.45) is 3.25. The summed E-state index contributed by atoms with van der Waals surface area (Å²) < 4.78 is 5.37. The standard InChI is InChI=1S/C22H23N3O4/c26-20(17-4-2-1-3-5-17)18-19(16-6-8-23-9-7-16)25(22(28)21(18)27)11-10-24-12-14-29-15-13-24/h1-9,19,26H,10-15H2/b20-18+/t19-/m0/s1. The number of morpholine rings is 1. The molecule has 1 amide bonds. The summed E-state index contributed by atoms with van der Waals surface area (Å²) in [5.74, 6) is -1.40. The summed E-state index contributed by atoms with van der Waals surface area (Å²) in [7, 11) is 0. The van der Waals surface area contributed by atoms with Gasteiger partial charge in [-0.25, -0.2) is 0 Å². The first-order chi connectivity index (χ1) is 14.2. The van der Waals surface area contributed by atoms with Gasteiger partial charge in [-0.2, -0.15) is 0 Å². The monoisotopic (exact) mass is 393 g/mol. The van der Waals surface area contributed by atoms with Crippen molar-refractivity contribution in [3.8, 4) is 0 Å². The predicted molar refractivity (Wildman–Crippen MR) is 107 cm³/mol.